The van der Waals surface area contributed by atoms with E-state index in [9.17, 15) is 4.39 Å². The Morgan fingerprint density at radius 1 is 1.21 bits per heavy atom. The summed E-state index contributed by atoms with van der Waals surface area (Å²) in [6.45, 7) is 7.13. The molecule has 4 heteroatoms. The molecule has 1 aromatic carbocycles. The monoisotopic (exact) mass is 261 g/mol. The second kappa shape index (κ2) is 5.31. The molecule has 0 amide bonds. The van der Waals surface area contributed by atoms with Crippen LogP contribution in [0.15, 0.2) is 18.2 Å². The molecule has 0 spiro atoms. The van der Waals surface area contributed by atoms with Crippen LogP contribution in [0.5, 0.6) is 0 Å². The van der Waals surface area contributed by atoms with Crippen molar-refractivity contribution in [2.45, 2.75) is 13.3 Å². The van der Waals surface area contributed by atoms with Gasteiger partial charge in [0, 0.05) is 49.3 Å². The van der Waals surface area contributed by atoms with E-state index in [1.165, 1.54) is 0 Å². The first kappa shape index (κ1) is 12.6. The van der Waals surface area contributed by atoms with E-state index >= 15 is 0 Å². The number of aryl methyl sites for hydroxylation is 1. The van der Waals surface area contributed by atoms with Crippen LogP contribution in [-0.4, -0.2) is 42.6 Å². The molecule has 1 aromatic heterocycles. The molecule has 3 rings (SSSR count). The average molecular weight is 261 g/mol. The summed E-state index contributed by atoms with van der Waals surface area (Å²) >= 11 is 0. The molecule has 1 fully saturated rings. The van der Waals surface area contributed by atoms with Crippen LogP contribution in [0.25, 0.3) is 10.9 Å². The molecule has 102 valence electrons. The minimum Gasteiger partial charge on any atom is -0.359 e. The molecule has 3 nitrogen and oxygen atoms in total. The number of aromatic nitrogens is 1. The van der Waals surface area contributed by atoms with Crippen molar-refractivity contribution in [2.75, 3.05) is 32.7 Å². The lowest BCUT2D eigenvalue weighted by atomic mass is 10.1. The van der Waals surface area contributed by atoms with Gasteiger partial charge in [-0.1, -0.05) is 0 Å². The number of fused-ring (bicyclic) bond motifs is 1. The predicted molar refractivity (Wildman–Crippen MR) is 76.0 cm³/mol. The number of H-pyrrole nitrogens is 1. The predicted octanol–water partition coefficient (Wildman–Crippen LogP) is 2.06. The van der Waals surface area contributed by atoms with Gasteiger partial charge in [0.1, 0.15) is 5.82 Å². The number of hydrogen-bond acceptors (Lipinski definition) is 2. The van der Waals surface area contributed by atoms with Gasteiger partial charge in [-0.05, 0) is 37.1 Å². The molecule has 2 N–H and O–H groups in total. The first-order chi connectivity index (χ1) is 9.22. The molecule has 2 aromatic rings. The number of nitrogens with one attached hydrogen (secondary N) is 2. The van der Waals surface area contributed by atoms with Crippen molar-refractivity contribution in [1.29, 1.82) is 0 Å². The third kappa shape index (κ3) is 2.80. The first-order valence-corrected chi connectivity index (χ1v) is 6.93. The molecule has 1 saturated heterocycles. The van der Waals surface area contributed by atoms with Gasteiger partial charge in [-0.15, -0.1) is 0 Å². The maximum absolute atomic E-state index is 14.0. The van der Waals surface area contributed by atoms with E-state index in [1.54, 1.807) is 6.07 Å². The smallest absolute Gasteiger partial charge is 0.127 e. The van der Waals surface area contributed by atoms with E-state index in [2.05, 4.69) is 15.2 Å². The highest BCUT2D eigenvalue weighted by atomic mass is 19.1. The molecule has 1 aliphatic rings. The Morgan fingerprint density at radius 3 is 2.79 bits per heavy atom. The van der Waals surface area contributed by atoms with Crippen LogP contribution in [0, 0.1) is 12.7 Å². The highest BCUT2D eigenvalue weighted by molar-refractivity contribution is 5.81. The Hall–Kier alpha value is -1.39. The number of halogens is 1. The lowest BCUT2D eigenvalue weighted by molar-refractivity contribution is 0.243. The molecule has 2 heterocycles. The van der Waals surface area contributed by atoms with Crippen molar-refractivity contribution < 1.29 is 4.39 Å². The standard InChI is InChI=1S/C15H20FN3/c1-11-8-13-9-14(16)12(10-15(13)18-11)2-5-19-6-3-17-4-7-19/h8-10,17-18H,2-7H2,1H3. The van der Waals surface area contributed by atoms with Gasteiger partial charge in [0.15, 0.2) is 0 Å². The fraction of sp³-hybridized carbons (Fsp3) is 0.467. The fourth-order valence-corrected chi connectivity index (χ4v) is 2.75. The summed E-state index contributed by atoms with van der Waals surface area (Å²) in [4.78, 5) is 5.66. The van der Waals surface area contributed by atoms with E-state index in [-0.39, 0.29) is 5.82 Å². The van der Waals surface area contributed by atoms with Crippen LogP contribution >= 0.6 is 0 Å². The molecular formula is C15H20FN3. The summed E-state index contributed by atoms with van der Waals surface area (Å²) in [6.07, 6.45) is 0.778. The van der Waals surface area contributed by atoms with Gasteiger partial charge in [0.2, 0.25) is 0 Å². The number of nitrogens with zero attached hydrogens (tertiary/aromatic N) is 1. The van der Waals surface area contributed by atoms with Crippen molar-refractivity contribution >= 4 is 10.9 Å². The second-order valence-electron chi connectivity index (χ2n) is 5.32. The first-order valence-electron chi connectivity index (χ1n) is 6.93. The van der Waals surface area contributed by atoms with Gasteiger partial charge in [-0.25, -0.2) is 4.39 Å². The molecule has 0 bridgehead atoms. The third-order valence-electron chi connectivity index (χ3n) is 3.83. The number of rotatable bonds is 3. The van der Waals surface area contributed by atoms with Crippen LogP contribution in [0.2, 0.25) is 0 Å². The zero-order valence-electron chi connectivity index (χ0n) is 11.3. The van der Waals surface area contributed by atoms with Crippen LogP contribution in [0.3, 0.4) is 0 Å². The van der Waals surface area contributed by atoms with E-state index in [1.807, 2.05) is 19.1 Å². The van der Waals surface area contributed by atoms with Gasteiger partial charge in [0.25, 0.3) is 0 Å². The highest BCUT2D eigenvalue weighted by Crippen LogP contribution is 2.20. The Morgan fingerprint density at radius 2 is 2.00 bits per heavy atom. The number of benzene rings is 1. The zero-order valence-corrected chi connectivity index (χ0v) is 11.3. The van der Waals surface area contributed by atoms with Crippen molar-refractivity contribution in [3.8, 4) is 0 Å². The van der Waals surface area contributed by atoms with Gasteiger partial charge < -0.3 is 15.2 Å². The summed E-state index contributed by atoms with van der Waals surface area (Å²) in [6, 6.07) is 5.59. The molecular weight excluding hydrogens is 241 g/mol. The summed E-state index contributed by atoms with van der Waals surface area (Å²) in [5, 5.41) is 4.29. The minimum atomic E-state index is -0.0818. The molecule has 0 saturated carbocycles. The largest absolute Gasteiger partial charge is 0.359 e. The van der Waals surface area contributed by atoms with Crippen molar-refractivity contribution in [2.24, 2.45) is 0 Å². The third-order valence-corrected chi connectivity index (χ3v) is 3.83. The lowest BCUT2D eigenvalue weighted by Crippen LogP contribution is -2.44. The number of hydrogen-bond donors (Lipinski definition) is 2. The quantitative estimate of drug-likeness (QED) is 0.886. The maximum Gasteiger partial charge on any atom is 0.127 e. The van der Waals surface area contributed by atoms with E-state index in [0.29, 0.717) is 0 Å². The van der Waals surface area contributed by atoms with Crippen molar-refractivity contribution in [1.82, 2.24) is 15.2 Å². The molecule has 0 atom stereocenters. The van der Waals surface area contributed by atoms with Crippen LogP contribution in [0.4, 0.5) is 4.39 Å². The van der Waals surface area contributed by atoms with Gasteiger partial charge in [0.05, 0.1) is 0 Å². The SMILES string of the molecule is Cc1cc2cc(F)c(CCN3CCNCC3)cc2[nH]1. The Kier molecular flexibility index (Phi) is 3.53. The topological polar surface area (TPSA) is 31.1 Å². The highest BCUT2D eigenvalue weighted by Gasteiger charge is 2.11. The van der Waals surface area contributed by atoms with Crippen LogP contribution in [0.1, 0.15) is 11.3 Å². The van der Waals surface area contributed by atoms with Gasteiger partial charge in [-0.3, -0.25) is 0 Å². The van der Waals surface area contributed by atoms with Crippen molar-refractivity contribution in [3.63, 3.8) is 0 Å². The summed E-state index contributed by atoms with van der Waals surface area (Å²) in [5.74, 6) is -0.0818. The summed E-state index contributed by atoms with van der Waals surface area (Å²) < 4.78 is 14.0. The molecule has 19 heavy (non-hydrogen) atoms. The Labute approximate surface area is 112 Å². The molecule has 0 radical (unpaired) electrons. The zero-order chi connectivity index (χ0) is 13.2. The second-order valence-corrected chi connectivity index (χ2v) is 5.32. The lowest BCUT2D eigenvalue weighted by Gasteiger charge is -2.27. The number of piperazine rings is 1. The normalized spacial score (nSPS) is 17.2. The molecule has 0 aliphatic carbocycles. The van der Waals surface area contributed by atoms with Crippen LogP contribution < -0.4 is 5.32 Å². The minimum absolute atomic E-state index is 0.0818. The Bertz CT molecular complexity index is 570. The summed E-state index contributed by atoms with van der Waals surface area (Å²) in [7, 11) is 0. The van der Waals surface area contributed by atoms with E-state index in [0.717, 1.165) is 61.3 Å². The van der Waals surface area contributed by atoms with Gasteiger partial charge in [-0.2, -0.15) is 0 Å². The van der Waals surface area contributed by atoms with E-state index in [4.69, 9.17) is 0 Å². The maximum atomic E-state index is 14.0. The van der Waals surface area contributed by atoms with Crippen molar-refractivity contribution in [3.05, 3.63) is 35.3 Å². The van der Waals surface area contributed by atoms with Crippen LogP contribution in [-0.2, 0) is 6.42 Å². The summed E-state index contributed by atoms with van der Waals surface area (Å²) in [5.41, 5.74) is 2.93. The number of aromatic amines is 1. The average Bonchev–Trinajstić information content (AvgIpc) is 2.76. The molecule has 1 aliphatic heterocycles. The van der Waals surface area contributed by atoms with E-state index < -0.39 is 0 Å². The molecule has 0 unspecified atom stereocenters. The van der Waals surface area contributed by atoms with Gasteiger partial charge >= 0.3 is 0 Å². The Balaban J connectivity index is 1.74. The fourth-order valence-electron chi connectivity index (χ4n) is 2.75.